The van der Waals surface area contributed by atoms with Crippen LogP contribution in [0.15, 0.2) is 79.2 Å². The SMILES string of the molecule is S=C1C=CC(c2cc(-c3ccccn3)nc(-c3ccccn3)c2)=CC1. The van der Waals surface area contributed by atoms with E-state index in [1.165, 1.54) is 0 Å². The van der Waals surface area contributed by atoms with Gasteiger partial charge in [-0.15, -0.1) is 0 Å². The number of hydrogen-bond acceptors (Lipinski definition) is 4. The summed E-state index contributed by atoms with van der Waals surface area (Å²) in [5, 5.41) is 0. The van der Waals surface area contributed by atoms with Crippen molar-refractivity contribution < 1.29 is 0 Å². The minimum Gasteiger partial charge on any atom is -0.255 e. The van der Waals surface area contributed by atoms with E-state index < -0.39 is 0 Å². The molecule has 0 unspecified atom stereocenters. The van der Waals surface area contributed by atoms with Crippen molar-refractivity contribution in [2.45, 2.75) is 6.42 Å². The van der Waals surface area contributed by atoms with Crippen LogP contribution in [0, 0.1) is 0 Å². The molecule has 3 heterocycles. The maximum Gasteiger partial charge on any atom is 0.0900 e. The molecule has 4 heteroatoms. The van der Waals surface area contributed by atoms with Crippen LogP contribution in [0.25, 0.3) is 28.3 Å². The smallest absolute Gasteiger partial charge is 0.0900 e. The molecule has 3 nitrogen and oxygen atoms in total. The fraction of sp³-hybridized carbons (Fsp3) is 0.0476. The van der Waals surface area contributed by atoms with E-state index in [0.717, 1.165) is 45.2 Å². The number of pyridine rings is 3. The van der Waals surface area contributed by atoms with E-state index in [-0.39, 0.29) is 0 Å². The lowest BCUT2D eigenvalue weighted by Gasteiger charge is -2.12. The lowest BCUT2D eigenvalue weighted by molar-refractivity contribution is 1.21. The van der Waals surface area contributed by atoms with Crippen LogP contribution in [0.1, 0.15) is 12.0 Å². The maximum atomic E-state index is 5.25. The molecule has 4 rings (SSSR count). The monoisotopic (exact) mass is 341 g/mol. The second kappa shape index (κ2) is 6.87. The highest BCUT2D eigenvalue weighted by molar-refractivity contribution is 7.80. The summed E-state index contributed by atoms with van der Waals surface area (Å²) < 4.78 is 0. The van der Waals surface area contributed by atoms with Crippen molar-refractivity contribution in [1.82, 2.24) is 15.0 Å². The molecule has 1 aliphatic rings. The van der Waals surface area contributed by atoms with Gasteiger partial charge in [0.1, 0.15) is 0 Å². The Kier molecular flexibility index (Phi) is 4.27. The zero-order valence-electron chi connectivity index (χ0n) is 13.5. The van der Waals surface area contributed by atoms with Crippen LogP contribution in [0.3, 0.4) is 0 Å². The van der Waals surface area contributed by atoms with Crippen LogP contribution in [-0.4, -0.2) is 19.8 Å². The van der Waals surface area contributed by atoms with Gasteiger partial charge in [-0.2, -0.15) is 0 Å². The van der Waals surface area contributed by atoms with E-state index in [9.17, 15) is 0 Å². The molecule has 0 aliphatic heterocycles. The van der Waals surface area contributed by atoms with Crippen molar-refractivity contribution in [3.05, 3.63) is 84.7 Å². The fourth-order valence-corrected chi connectivity index (χ4v) is 2.88. The summed E-state index contributed by atoms with van der Waals surface area (Å²) in [6.45, 7) is 0. The van der Waals surface area contributed by atoms with Gasteiger partial charge in [0, 0.05) is 23.7 Å². The molecule has 0 saturated carbocycles. The lowest BCUT2D eigenvalue weighted by atomic mass is 9.98. The Balaban J connectivity index is 1.87. The van der Waals surface area contributed by atoms with Crippen LogP contribution in [0.5, 0.6) is 0 Å². The Bertz CT molecular complexity index is 919. The third kappa shape index (κ3) is 3.44. The number of nitrogens with zero attached hydrogens (tertiary/aromatic N) is 3. The Morgan fingerprint density at radius 1 is 0.760 bits per heavy atom. The summed E-state index contributed by atoms with van der Waals surface area (Å²) in [6, 6.07) is 15.8. The number of allylic oxidation sites excluding steroid dienone is 4. The zero-order valence-corrected chi connectivity index (χ0v) is 14.3. The van der Waals surface area contributed by atoms with Crippen molar-refractivity contribution >= 4 is 22.7 Å². The summed E-state index contributed by atoms with van der Waals surface area (Å²) in [4.78, 5) is 14.6. The molecular weight excluding hydrogens is 326 g/mol. The molecule has 0 atom stereocenters. The number of rotatable bonds is 3. The highest BCUT2D eigenvalue weighted by Crippen LogP contribution is 2.28. The molecule has 0 amide bonds. The normalized spacial score (nSPS) is 13.6. The lowest BCUT2D eigenvalue weighted by Crippen LogP contribution is -1.98. The van der Waals surface area contributed by atoms with Gasteiger partial charge in [0.25, 0.3) is 0 Å². The minimum absolute atomic E-state index is 0.793. The summed E-state index contributed by atoms with van der Waals surface area (Å²) in [5.41, 5.74) is 5.60. The first kappa shape index (κ1) is 15.5. The van der Waals surface area contributed by atoms with E-state index in [1.807, 2.05) is 42.5 Å². The number of aromatic nitrogens is 3. The minimum atomic E-state index is 0.793. The largest absolute Gasteiger partial charge is 0.255 e. The Morgan fingerprint density at radius 3 is 1.88 bits per heavy atom. The van der Waals surface area contributed by atoms with Crippen molar-refractivity contribution in [3.8, 4) is 22.8 Å². The first-order valence-corrected chi connectivity index (χ1v) is 8.47. The van der Waals surface area contributed by atoms with E-state index >= 15 is 0 Å². The highest BCUT2D eigenvalue weighted by Gasteiger charge is 2.11. The molecule has 0 saturated heterocycles. The Labute approximate surface area is 151 Å². The highest BCUT2D eigenvalue weighted by atomic mass is 32.1. The summed E-state index contributed by atoms with van der Waals surface area (Å²) >= 11 is 5.25. The first-order chi connectivity index (χ1) is 12.3. The Morgan fingerprint density at radius 2 is 1.40 bits per heavy atom. The third-order valence-electron chi connectivity index (χ3n) is 3.99. The fourth-order valence-electron chi connectivity index (χ4n) is 2.73. The van der Waals surface area contributed by atoms with Gasteiger partial charge in [-0.3, -0.25) is 9.97 Å². The third-order valence-corrected chi connectivity index (χ3v) is 4.29. The number of thiocarbonyl (C=S) groups is 1. The second-order valence-corrected chi connectivity index (χ2v) is 6.24. The van der Waals surface area contributed by atoms with E-state index in [4.69, 9.17) is 17.2 Å². The van der Waals surface area contributed by atoms with Crippen LogP contribution in [0.2, 0.25) is 0 Å². The van der Waals surface area contributed by atoms with Crippen molar-refractivity contribution in [2.75, 3.05) is 0 Å². The van der Waals surface area contributed by atoms with Crippen molar-refractivity contribution in [3.63, 3.8) is 0 Å². The van der Waals surface area contributed by atoms with Gasteiger partial charge in [-0.25, -0.2) is 4.98 Å². The first-order valence-electron chi connectivity index (χ1n) is 8.06. The molecule has 0 aromatic carbocycles. The molecule has 0 spiro atoms. The van der Waals surface area contributed by atoms with Gasteiger partial charge in [-0.05, 0) is 53.6 Å². The zero-order chi connectivity index (χ0) is 17.1. The predicted octanol–water partition coefficient (Wildman–Crippen LogP) is 4.92. The van der Waals surface area contributed by atoms with Gasteiger partial charge >= 0.3 is 0 Å². The van der Waals surface area contributed by atoms with Gasteiger partial charge < -0.3 is 0 Å². The summed E-state index contributed by atoms with van der Waals surface area (Å²) in [5.74, 6) is 0. The van der Waals surface area contributed by atoms with Gasteiger partial charge in [0.05, 0.1) is 22.8 Å². The molecular formula is C21H15N3S. The molecule has 25 heavy (non-hydrogen) atoms. The molecule has 120 valence electrons. The van der Waals surface area contributed by atoms with Crippen molar-refractivity contribution in [1.29, 1.82) is 0 Å². The van der Waals surface area contributed by atoms with Gasteiger partial charge in [-0.1, -0.05) is 36.5 Å². The van der Waals surface area contributed by atoms with E-state index in [0.29, 0.717) is 0 Å². The van der Waals surface area contributed by atoms with Crippen LogP contribution >= 0.6 is 12.2 Å². The average molecular weight is 341 g/mol. The summed E-state index contributed by atoms with van der Waals surface area (Å²) in [6.07, 6.45) is 10.6. The molecule has 0 N–H and O–H groups in total. The molecule has 3 aromatic heterocycles. The molecule has 0 bridgehead atoms. The van der Waals surface area contributed by atoms with Crippen LogP contribution in [-0.2, 0) is 0 Å². The molecule has 1 aliphatic carbocycles. The molecule has 3 aromatic rings. The maximum absolute atomic E-state index is 5.25. The van der Waals surface area contributed by atoms with Gasteiger partial charge in [0.15, 0.2) is 0 Å². The number of hydrogen-bond donors (Lipinski definition) is 0. The van der Waals surface area contributed by atoms with Gasteiger partial charge in [0.2, 0.25) is 0 Å². The standard InChI is InChI=1S/C21H15N3S/c25-17-9-7-15(8-10-17)16-13-20(18-5-1-3-11-22-18)24-21(14-16)19-6-2-4-12-23-19/h1-9,11-14H,10H2. The molecule has 0 fully saturated rings. The average Bonchev–Trinajstić information content (AvgIpc) is 2.69. The van der Waals surface area contributed by atoms with Crippen LogP contribution in [0.4, 0.5) is 0 Å². The van der Waals surface area contributed by atoms with E-state index in [1.54, 1.807) is 12.4 Å². The Hall–Kier alpha value is -2.98. The van der Waals surface area contributed by atoms with Crippen molar-refractivity contribution in [2.24, 2.45) is 0 Å². The quantitative estimate of drug-likeness (QED) is 0.634. The predicted molar refractivity (Wildman–Crippen MR) is 105 cm³/mol. The topological polar surface area (TPSA) is 38.7 Å². The molecule has 0 radical (unpaired) electrons. The van der Waals surface area contributed by atoms with Crippen LogP contribution < -0.4 is 0 Å². The summed E-state index contributed by atoms with van der Waals surface area (Å²) in [7, 11) is 0. The second-order valence-electron chi connectivity index (χ2n) is 5.72. The van der Waals surface area contributed by atoms with E-state index in [2.05, 4.69) is 34.3 Å².